The summed E-state index contributed by atoms with van der Waals surface area (Å²) in [5.41, 5.74) is -0.779. The van der Waals surface area contributed by atoms with E-state index >= 15 is 0 Å². The molecule has 1 aromatic heterocycles. The molecule has 2 N–H and O–H groups in total. The van der Waals surface area contributed by atoms with Crippen molar-refractivity contribution in [3.8, 4) is 5.75 Å². The molecule has 0 spiro atoms. The maximum absolute atomic E-state index is 13.9. The van der Waals surface area contributed by atoms with Gasteiger partial charge in [-0.15, -0.1) is 0 Å². The lowest BCUT2D eigenvalue weighted by atomic mass is 10.1. The molecule has 0 fully saturated rings. The summed E-state index contributed by atoms with van der Waals surface area (Å²) in [6, 6.07) is 3.90. The number of rotatable bonds is 4. The highest BCUT2D eigenvalue weighted by Crippen LogP contribution is 2.20. The number of amides is 1. The van der Waals surface area contributed by atoms with E-state index in [4.69, 9.17) is 4.74 Å². The third kappa shape index (κ3) is 3.28. The van der Waals surface area contributed by atoms with Crippen LogP contribution in [0.15, 0.2) is 29.2 Å². The number of nitrogens with one attached hydrogen (secondary N) is 2. The van der Waals surface area contributed by atoms with Crippen molar-refractivity contribution < 1.29 is 18.7 Å². The van der Waals surface area contributed by atoms with Gasteiger partial charge in [0.2, 0.25) is 5.43 Å². The first-order valence-electron chi connectivity index (χ1n) is 6.73. The van der Waals surface area contributed by atoms with E-state index in [2.05, 4.69) is 10.3 Å². The van der Waals surface area contributed by atoms with Crippen molar-refractivity contribution in [3.63, 3.8) is 0 Å². The van der Waals surface area contributed by atoms with Crippen molar-refractivity contribution in [2.24, 2.45) is 0 Å². The van der Waals surface area contributed by atoms with Gasteiger partial charge < -0.3 is 15.0 Å². The third-order valence-corrected chi connectivity index (χ3v) is 3.30. The average Bonchev–Trinajstić information content (AvgIpc) is 2.48. The lowest BCUT2D eigenvalue weighted by molar-refractivity contribution is 0.101. The first-order valence-corrected chi connectivity index (χ1v) is 6.73. The van der Waals surface area contributed by atoms with Crippen molar-refractivity contribution in [2.45, 2.75) is 13.8 Å². The summed E-state index contributed by atoms with van der Waals surface area (Å²) in [5.74, 6) is -1.66. The Labute approximate surface area is 131 Å². The van der Waals surface area contributed by atoms with Gasteiger partial charge in [-0.3, -0.25) is 14.4 Å². The molecule has 0 aliphatic heterocycles. The smallest absolute Gasteiger partial charge is 0.261 e. The number of halogens is 1. The van der Waals surface area contributed by atoms with Crippen molar-refractivity contribution in [2.75, 3.05) is 12.4 Å². The van der Waals surface area contributed by atoms with Gasteiger partial charge in [-0.1, -0.05) is 0 Å². The number of carbonyl (C=O) groups is 2. The van der Waals surface area contributed by atoms with Crippen LogP contribution in [0.4, 0.5) is 10.1 Å². The molecule has 0 saturated heterocycles. The molecule has 0 aliphatic carbocycles. The number of benzene rings is 1. The number of aromatic amines is 1. The van der Waals surface area contributed by atoms with E-state index in [1.807, 2.05) is 0 Å². The van der Waals surface area contributed by atoms with Crippen LogP contribution in [0.5, 0.6) is 5.75 Å². The van der Waals surface area contributed by atoms with Gasteiger partial charge in [0, 0.05) is 18.0 Å². The average molecular weight is 318 g/mol. The number of ketones is 1. The number of hydrogen-bond acceptors (Lipinski definition) is 4. The maximum atomic E-state index is 13.9. The van der Waals surface area contributed by atoms with Crippen molar-refractivity contribution in [3.05, 3.63) is 57.3 Å². The Bertz CT molecular complexity index is 842. The number of aromatic nitrogens is 1. The van der Waals surface area contributed by atoms with Crippen molar-refractivity contribution in [1.29, 1.82) is 0 Å². The molecule has 1 heterocycles. The highest BCUT2D eigenvalue weighted by molar-refractivity contribution is 6.06. The number of hydrogen-bond donors (Lipinski definition) is 2. The minimum atomic E-state index is -0.808. The van der Waals surface area contributed by atoms with Crippen molar-refractivity contribution >= 4 is 17.4 Å². The molecule has 1 amide bonds. The number of anilines is 1. The monoisotopic (exact) mass is 318 g/mol. The SMILES string of the molecule is COc1ccc(NC(=O)c2c[nH]c(C)c(C(C)=O)c2=O)c(F)c1. The van der Waals surface area contributed by atoms with Crippen LogP contribution in [0.1, 0.15) is 33.3 Å². The van der Waals surface area contributed by atoms with E-state index < -0.39 is 22.9 Å². The summed E-state index contributed by atoms with van der Waals surface area (Å²) in [6.07, 6.45) is 1.20. The van der Waals surface area contributed by atoms with Crippen LogP contribution < -0.4 is 15.5 Å². The minimum absolute atomic E-state index is 0.0900. The number of ether oxygens (including phenoxy) is 1. The Morgan fingerprint density at radius 3 is 2.57 bits per heavy atom. The van der Waals surface area contributed by atoms with E-state index in [9.17, 15) is 18.8 Å². The van der Waals surface area contributed by atoms with E-state index in [1.54, 1.807) is 6.92 Å². The van der Waals surface area contributed by atoms with Crippen LogP contribution in [-0.4, -0.2) is 23.8 Å². The molecule has 0 unspecified atom stereocenters. The van der Waals surface area contributed by atoms with E-state index in [-0.39, 0.29) is 16.8 Å². The normalized spacial score (nSPS) is 10.3. The number of H-pyrrole nitrogens is 1. The summed E-state index contributed by atoms with van der Waals surface area (Å²) in [7, 11) is 1.39. The fourth-order valence-corrected chi connectivity index (χ4v) is 2.13. The number of aryl methyl sites for hydroxylation is 1. The zero-order chi connectivity index (χ0) is 17.1. The fraction of sp³-hybridized carbons (Fsp3) is 0.188. The van der Waals surface area contributed by atoms with E-state index in [0.29, 0.717) is 11.4 Å². The molecule has 2 aromatic rings. The molecule has 120 valence electrons. The molecule has 1 aromatic carbocycles. The van der Waals surface area contributed by atoms with Crippen molar-refractivity contribution in [1.82, 2.24) is 4.98 Å². The second kappa shape index (κ2) is 6.43. The number of methoxy groups -OCH3 is 1. The van der Waals surface area contributed by atoms with Crippen LogP contribution in [-0.2, 0) is 0 Å². The predicted molar refractivity (Wildman–Crippen MR) is 82.7 cm³/mol. The Balaban J connectivity index is 2.37. The van der Waals surface area contributed by atoms with Crippen LogP contribution in [0.3, 0.4) is 0 Å². The zero-order valence-corrected chi connectivity index (χ0v) is 12.8. The summed E-state index contributed by atoms with van der Waals surface area (Å²) in [4.78, 5) is 38.6. The molecule has 7 heteroatoms. The second-order valence-corrected chi connectivity index (χ2v) is 4.89. The molecule has 0 atom stereocenters. The molecule has 23 heavy (non-hydrogen) atoms. The molecular formula is C16H15FN2O4. The van der Waals surface area contributed by atoms with E-state index in [1.165, 1.54) is 32.4 Å². The molecule has 2 rings (SSSR count). The zero-order valence-electron chi connectivity index (χ0n) is 12.8. The lowest BCUT2D eigenvalue weighted by Crippen LogP contribution is -2.27. The predicted octanol–water partition coefficient (Wildman–Crippen LogP) is 2.29. The minimum Gasteiger partial charge on any atom is -0.497 e. The number of pyridine rings is 1. The van der Waals surface area contributed by atoms with Crippen LogP contribution in [0, 0.1) is 12.7 Å². The highest BCUT2D eigenvalue weighted by atomic mass is 19.1. The molecule has 0 radical (unpaired) electrons. The van der Waals surface area contributed by atoms with Crippen LogP contribution in [0.2, 0.25) is 0 Å². The summed E-state index contributed by atoms with van der Waals surface area (Å²) >= 11 is 0. The Morgan fingerprint density at radius 1 is 1.30 bits per heavy atom. The molecule has 6 nitrogen and oxygen atoms in total. The summed E-state index contributed by atoms with van der Waals surface area (Å²) in [6.45, 7) is 2.80. The Kier molecular flexibility index (Phi) is 4.59. The molecule has 0 saturated carbocycles. The Hall–Kier alpha value is -2.96. The van der Waals surface area contributed by atoms with Gasteiger partial charge in [-0.2, -0.15) is 0 Å². The largest absolute Gasteiger partial charge is 0.497 e. The van der Waals surface area contributed by atoms with Gasteiger partial charge in [0.05, 0.1) is 18.4 Å². The topological polar surface area (TPSA) is 88.3 Å². The number of Topliss-reactive ketones (excluding diaryl/α,β-unsaturated/α-hetero) is 1. The third-order valence-electron chi connectivity index (χ3n) is 3.30. The molecule has 0 bridgehead atoms. The first-order chi connectivity index (χ1) is 10.8. The molecule has 0 aliphatic rings. The van der Waals surface area contributed by atoms with Crippen LogP contribution in [0.25, 0.3) is 0 Å². The van der Waals surface area contributed by atoms with Gasteiger partial charge in [-0.25, -0.2) is 4.39 Å². The fourth-order valence-electron chi connectivity index (χ4n) is 2.13. The summed E-state index contributed by atoms with van der Waals surface area (Å²) in [5, 5.41) is 2.30. The van der Waals surface area contributed by atoms with Gasteiger partial charge in [-0.05, 0) is 26.0 Å². The van der Waals surface area contributed by atoms with Gasteiger partial charge >= 0.3 is 0 Å². The van der Waals surface area contributed by atoms with Crippen LogP contribution >= 0.6 is 0 Å². The summed E-state index contributed by atoms with van der Waals surface area (Å²) < 4.78 is 18.7. The van der Waals surface area contributed by atoms with Gasteiger partial charge in [0.1, 0.15) is 17.1 Å². The van der Waals surface area contributed by atoms with E-state index in [0.717, 1.165) is 6.07 Å². The van der Waals surface area contributed by atoms with Gasteiger partial charge in [0.15, 0.2) is 5.78 Å². The second-order valence-electron chi connectivity index (χ2n) is 4.89. The lowest BCUT2D eigenvalue weighted by Gasteiger charge is -2.09. The first kappa shape index (κ1) is 16.4. The number of carbonyl (C=O) groups excluding carboxylic acids is 2. The quantitative estimate of drug-likeness (QED) is 0.847. The molecular weight excluding hydrogens is 303 g/mol. The highest BCUT2D eigenvalue weighted by Gasteiger charge is 2.19. The Morgan fingerprint density at radius 2 is 2.00 bits per heavy atom. The van der Waals surface area contributed by atoms with Gasteiger partial charge in [0.25, 0.3) is 5.91 Å². The maximum Gasteiger partial charge on any atom is 0.261 e. The standard InChI is InChI=1S/C16H15FN2O4/c1-8-14(9(2)20)15(21)11(7-18-8)16(22)19-13-5-4-10(23-3)6-12(13)17/h4-7H,1-3H3,(H,18,21)(H,19,22).